The Morgan fingerprint density at radius 3 is 2.00 bits per heavy atom. The molecule has 1 saturated heterocycles. The minimum Gasteiger partial charge on any atom is -0.465 e. The normalized spacial score (nSPS) is 19.6. The van der Waals surface area contributed by atoms with Crippen LogP contribution in [0.4, 0.5) is 0 Å². The summed E-state index contributed by atoms with van der Waals surface area (Å²) in [5, 5.41) is 3.30. The van der Waals surface area contributed by atoms with Crippen molar-refractivity contribution < 1.29 is 14.3 Å². The molecule has 0 saturated carbocycles. The number of rotatable bonds is 8. The molecule has 0 aromatic heterocycles. The zero-order chi connectivity index (χ0) is 24.9. The Kier molecular flexibility index (Phi) is 13.6. The lowest BCUT2D eigenvalue weighted by atomic mass is 10.1. The molecule has 0 N–H and O–H groups in total. The lowest BCUT2D eigenvalue weighted by molar-refractivity contribution is -0.144. The highest BCUT2D eigenvalue weighted by atomic mass is 16.5. The lowest BCUT2D eigenvalue weighted by Gasteiger charge is -2.32. The Morgan fingerprint density at radius 2 is 1.42 bits per heavy atom. The van der Waals surface area contributed by atoms with E-state index in [0.717, 1.165) is 52.1 Å². The van der Waals surface area contributed by atoms with E-state index in [4.69, 9.17) is 4.74 Å². The molecule has 0 atom stereocenters. The van der Waals surface area contributed by atoms with Crippen molar-refractivity contribution in [2.75, 3.05) is 99.7 Å². The molecule has 1 aliphatic heterocycles. The molecule has 0 aromatic carbocycles. The van der Waals surface area contributed by atoms with Crippen LogP contribution in [0.3, 0.4) is 0 Å². The van der Waals surface area contributed by atoms with Crippen LogP contribution in [0.5, 0.6) is 0 Å². The predicted octanol–water partition coefficient (Wildman–Crippen LogP) is 0.814. The molecule has 1 amide bonds. The molecule has 0 bridgehead atoms. The lowest BCUT2D eigenvalue weighted by Crippen LogP contribution is -2.45. The maximum Gasteiger partial charge on any atom is 0.320 e. The summed E-state index contributed by atoms with van der Waals surface area (Å²) >= 11 is 0. The van der Waals surface area contributed by atoms with E-state index in [-0.39, 0.29) is 18.4 Å². The van der Waals surface area contributed by atoms with E-state index < -0.39 is 5.54 Å². The number of nitrogens with zero attached hydrogens (tertiary/aromatic N) is 6. The third kappa shape index (κ3) is 13.0. The van der Waals surface area contributed by atoms with Crippen molar-refractivity contribution in [3.05, 3.63) is 4.91 Å². The summed E-state index contributed by atoms with van der Waals surface area (Å²) in [6.45, 7) is 13.6. The zero-order valence-electron chi connectivity index (χ0n) is 21.7. The highest BCUT2D eigenvalue weighted by molar-refractivity contribution is 5.77. The molecule has 10 heteroatoms. The van der Waals surface area contributed by atoms with Gasteiger partial charge in [0.2, 0.25) is 5.91 Å². The first-order valence-corrected chi connectivity index (χ1v) is 12.1. The van der Waals surface area contributed by atoms with Gasteiger partial charge in [0.15, 0.2) is 0 Å². The predicted molar refractivity (Wildman–Crippen MR) is 131 cm³/mol. The summed E-state index contributed by atoms with van der Waals surface area (Å²) in [6, 6.07) is 0. The number of ether oxygens (including phenoxy) is 1. The van der Waals surface area contributed by atoms with Crippen LogP contribution in [-0.4, -0.2) is 142 Å². The van der Waals surface area contributed by atoms with Crippen LogP contribution in [0.25, 0.3) is 0 Å². The quantitative estimate of drug-likeness (QED) is 0.380. The number of nitroso groups, excluding NO2 is 1. The van der Waals surface area contributed by atoms with Crippen molar-refractivity contribution in [1.29, 1.82) is 0 Å². The van der Waals surface area contributed by atoms with Gasteiger partial charge in [0, 0.05) is 53.4 Å². The second-order valence-corrected chi connectivity index (χ2v) is 9.84. The average molecular weight is 471 g/mol. The third-order valence-electron chi connectivity index (χ3n) is 5.87. The number of carbonyl (C=O) groups is 2. The minimum absolute atomic E-state index is 0.0865. The first kappa shape index (κ1) is 29.4. The Labute approximate surface area is 200 Å². The summed E-state index contributed by atoms with van der Waals surface area (Å²) in [5.41, 5.74) is -0.631. The zero-order valence-corrected chi connectivity index (χ0v) is 21.7. The molecule has 0 aromatic rings. The summed E-state index contributed by atoms with van der Waals surface area (Å²) in [4.78, 5) is 46.2. The van der Waals surface area contributed by atoms with Crippen LogP contribution >= 0.6 is 0 Å². The first-order chi connectivity index (χ1) is 15.6. The summed E-state index contributed by atoms with van der Waals surface area (Å²) < 4.78 is 5.17. The summed E-state index contributed by atoms with van der Waals surface area (Å²) in [5.74, 6) is -0.136. The van der Waals surface area contributed by atoms with Gasteiger partial charge in [-0.3, -0.25) is 24.3 Å². The van der Waals surface area contributed by atoms with E-state index >= 15 is 0 Å². The van der Waals surface area contributed by atoms with E-state index in [1.807, 2.05) is 20.8 Å². The molecule has 192 valence electrons. The van der Waals surface area contributed by atoms with Gasteiger partial charge in [-0.1, -0.05) is 5.18 Å². The number of esters is 1. The van der Waals surface area contributed by atoms with Gasteiger partial charge in [-0.15, -0.1) is 0 Å². The van der Waals surface area contributed by atoms with E-state index in [1.165, 1.54) is 0 Å². The van der Waals surface area contributed by atoms with E-state index in [9.17, 15) is 14.5 Å². The molecule has 33 heavy (non-hydrogen) atoms. The Bertz CT molecular complexity index is 602. The third-order valence-corrected chi connectivity index (χ3v) is 5.87. The minimum atomic E-state index is -0.631. The molecule has 0 aliphatic carbocycles. The number of amides is 1. The van der Waals surface area contributed by atoms with Crippen LogP contribution in [0.1, 0.15) is 33.6 Å². The van der Waals surface area contributed by atoms with Gasteiger partial charge in [0.05, 0.1) is 19.7 Å². The molecular weight excluding hydrogens is 424 g/mol. The van der Waals surface area contributed by atoms with Gasteiger partial charge in [0.25, 0.3) is 0 Å². The monoisotopic (exact) mass is 470 g/mol. The maximum absolute atomic E-state index is 12.3. The van der Waals surface area contributed by atoms with E-state index in [1.54, 1.807) is 19.0 Å². The summed E-state index contributed by atoms with van der Waals surface area (Å²) in [7, 11) is 5.67. The van der Waals surface area contributed by atoms with Crippen LogP contribution < -0.4 is 0 Å². The molecule has 10 nitrogen and oxygen atoms in total. The SMILES string of the molecule is CCOC(=O)CN1CCCN(CC(C)(C)N=O)CCN(C)CCCN(CC(=O)N(C)C)CC1. The van der Waals surface area contributed by atoms with Crippen molar-refractivity contribution in [3.8, 4) is 0 Å². The molecule has 1 fully saturated rings. The van der Waals surface area contributed by atoms with Crippen molar-refractivity contribution in [2.45, 2.75) is 39.2 Å². The van der Waals surface area contributed by atoms with E-state index in [2.05, 4.69) is 31.8 Å². The van der Waals surface area contributed by atoms with Crippen molar-refractivity contribution >= 4 is 11.9 Å². The Balaban J connectivity index is 2.89. The molecule has 1 aliphatic rings. The standard InChI is InChI=1S/C23H46N6O4/c1-7-33-22(31)19-28-12-9-13-29(20-23(2,3)24-32)15-14-26(6)10-8-11-27(16-17-28)18-21(30)25(4)5/h7-20H2,1-6H3. The second-order valence-electron chi connectivity index (χ2n) is 9.84. The molecule has 0 radical (unpaired) electrons. The Morgan fingerprint density at radius 1 is 0.879 bits per heavy atom. The van der Waals surface area contributed by atoms with Gasteiger partial charge in [-0.05, 0) is 60.3 Å². The molecule has 0 unspecified atom stereocenters. The van der Waals surface area contributed by atoms with Crippen LogP contribution in [0.2, 0.25) is 0 Å². The van der Waals surface area contributed by atoms with Crippen LogP contribution in [0, 0.1) is 4.91 Å². The number of likely N-dealkylation sites (N-methyl/N-ethyl adjacent to an activating group) is 2. The van der Waals surface area contributed by atoms with Crippen molar-refractivity contribution in [3.63, 3.8) is 0 Å². The smallest absolute Gasteiger partial charge is 0.320 e. The number of hydrogen-bond acceptors (Lipinski definition) is 9. The van der Waals surface area contributed by atoms with Gasteiger partial charge in [0.1, 0.15) is 5.54 Å². The van der Waals surface area contributed by atoms with Gasteiger partial charge in [-0.25, -0.2) is 0 Å². The fourth-order valence-corrected chi connectivity index (χ4v) is 3.90. The largest absolute Gasteiger partial charge is 0.465 e. The summed E-state index contributed by atoms with van der Waals surface area (Å²) in [6.07, 6.45) is 1.82. The van der Waals surface area contributed by atoms with Crippen LogP contribution in [0.15, 0.2) is 5.18 Å². The van der Waals surface area contributed by atoms with Crippen LogP contribution in [-0.2, 0) is 14.3 Å². The number of hydrogen-bond donors (Lipinski definition) is 0. The first-order valence-electron chi connectivity index (χ1n) is 12.1. The second kappa shape index (κ2) is 15.3. The highest BCUT2D eigenvalue weighted by Crippen LogP contribution is 2.12. The fraction of sp³-hybridized carbons (Fsp3) is 0.913. The van der Waals surface area contributed by atoms with Gasteiger partial charge in [-0.2, -0.15) is 4.91 Å². The molecule has 1 heterocycles. The highest BCUT2D eigenvalue weighted by Gasteiger charge is 2.23. The average Bonchev–Trinajstić information content (AvgIpc) is 2.74. The number of carbonyl (C=O) groups excluding carboxylic acids is 2. The maximum atomic E-state index is 12.3. The molecular formula is C23H46N6O4. The van der Waals surface area contributed by atoms with Gasteiger partial charge < -0.3 is 14.5 Å². The van der Waals surface area contributed by atoms with Crippen molar-refractivity contribution in [2.24, 2.45) is 5.18 Å². The molecule has 1 rings (SSSR count). The topological polar surface area (TPSA) is 89.0 Å². The Hall–Kier alpha value is -1.62. The van der Waals surface area contributed by atoms with E-state index in [0.29, 0.717) is 32.8 Å². The molecule has 0 spiro atoms. The fourth-order valence-electron chi connectivity index (χ4n) is 3.90. The van der Waals surface area contributed by atoms with Gasteiger partial charge >= 0.3 is 5.97 Å². The van der Waals surface area contributed by atoms with Crippen molar-refractivity contribution in [1.82, 2.24) is 24.5 Å².